The van der Waals surface area contributed by atoms with Crippen LogP contribution >= 0.6 is 11.6 Å². The molecular formula is C10H7ClF2N2. The maximum Gasteiger partial charge on any atom is 0.266 e. The van der Waals surface area contributed by atoms with Gasteiger partial charge in [-0.3, -0.25) is 4.98 Å². The summed E-state index contributed by atoms with van der Waals surface area (Å²) in [6.07, 6.45) is -1.40. The van der Waals surface area contributed by atoms with Gasteiger partial charge in [0.25, 0.3) is 6.43 Å². The molecule has 15 heavy (non-hydrogen) atoms. The van der Waals surface area contributed by atoms with Crippen LogP contribution in [0, 0.1) is 0 Å². The molecule has 0 unspecified atom stereocenters. The van der Waals surface area contributed by atoms with E-state index in [1.165, 1.54) is 12.3 Å². The number of anilines is 1. The predicted molar refractivity (Wildman–Crippen MR) is 56.1 cm³/mol. The summed E-state index contributed by atoms with van der Waals surface area (Å²) in [6, 6.07) is 4.63. The van der Waals surface area contributed by atoms with Crippen LogP contribution in [0.15, 0.2) is 24.4 Å². The molecule has 0 aliphatic rings. The van der Waals surface area contributed by atoms with Gasteiger partial charge < -0.3 is 5.73 Å². The van der Waals surface area contributed by atoms with Gasteiger partial charge in [0.2, 0.25) is 0 Å². The minimum atomic E-state index is -2.63. The van der Waals surface area contributed by atoms with Gasteiger partial charge in [-0.15, -0.1) is 0 Å². The summed E-state index contributed by atoms with van der Waals surface area (Å²) < 4.78 is 25.5. The van der Waals surface area contributed by atoms with E-state index in [0.29, 0.717) is 15.9 Å². The minimum Gasteiger partial charge on any atom is -0.397 e. The number of pyridine rings is 1. The van der Waals surface area contributed by atoms with E-state index in [2.05, 4.69) is 4.98 Å². The largest absolute Gasteiger partial charge is 0.397 e. The molecule has 0 saturated heterocycles. The SMILES string of the molecule is Nc1cnc2ccc(Cl)cc2c1C(F)F. The summed E-state index contributed by atoms with van der Waals surface area (Å²) in [4.78, 5) is 3.95. The van der Waals surface area contributed by atoms with Crippen molar-refractivity contribution in [2.45, 2.75) is 6.43 Å². The van der Waals surface area contributed by atoms with E-state index in [1.807, 2.05) is 0 Å². The summed E-state index contributed by atoms with van der Waals surface area (Å²) in [6.45, 7) is 0. The Bertz CT molecular complexity index is 509. The number of benzene rings is 1. The monoisotopic (exact) mass is 228 g/mol. The lowest BCUT2D eigenvalue weighted by molar-refractivity contribution is 0.154. The van der Waals surface area contributed by atoms with Gasteiger partial charge in [-0.2, -0.15) is 0 Å². The number of halogens is 3. The van der Waals surface area contributed by atoms with E-state index in [1.54, 1.807) is 12.1 Å². The quantitative estimate of drug-likeness (QED) is 0.812. The molecule has 0 aliphatic heterocycles. The molecule has 0 bridgehead atoms. The smallest absolute Gasteiger partial charge is 0.266 e. The van der Waals surface area contributed by atoms with E-state index < -0.39 is 6.43 Å². The first kappa shape index (κ1) is 10.1. The van der Waals surface area contributed by atoms with Gasteiger partial charge in [0.15, 0.2) is 0 Å². The van der Waals surface area contributed by atoms with Gasteiger partial charge >= 0.3 is 0 Å². The van der Waals surface area contributed by atoms with Crippen molar-refractivity contribution < 1.29 is 8.78 Å². The Morgan fingerprint density at radius 1 is 1.33 bits per heavy atom. The molecule has 0 fully saturated rings. The summed E-state index contributed by atoms with van der Waals surface area (Å²) in [5, 5.41) is 0.689. The van der Waals surface area contributed by atoms with Gasteiger partial charge in [-0.25, -0.2) is 8.78 Å². The highest BCUT2D eigenvalue weighted by Crippen LogP contribution is 2.32. The van der Waals surface area contributed by atoms with E-state index in [9.17, 15) is 8.78 Å². The Balaban J connectivity index is 2.84. The zero-order valence-corrected chi connectivity index (χ0v) is 8.30. The molecule has 0 spiro atoms. The second-order valence-corrected chi connectivity index (χ2v) is 3.53. The van der Waals surface area contributed by atoms with Crippen molar-refractivity contribution in [1.82, 2.24) is 4.98 Å². The average molecular weight is 229 g/mol. The lowest BCUT2D eigenvalue weighted by atomic mass is 10.1. The van der Waals surface area contributed by atoms with Crippen molar-refractivity contribution in [2.75, 3.05) is 5.73 Å². The molecule has 0 atom stereocenters. The van der Waals surface area contributed by atoms with E-state index >= 15 is 0 Å². The molecule has 1 aromatic carbocycles. The van der Waals surface area contributed by atoms with Crippen molar-refractivity contribution in [1.29, 1.82) is 0 Å². The van der Waals surface area contributed by atoms with Crippen LogP contribution in [0.25, 0.3) is 10.9 Å². The standard InChI is InChI=1S/C10H7ClF2N2/c11-5-1-2-8-6(3-5)9(10(12)13)7(14)4-15-8/h1-4,10H,14H2. The van der Waals surface area contributed by atoms with Crippen LogP contribution in [0.5, 0.6) is 0 Å². The zero-order valence-electron chi connectivity index (χ0n) is 7.55. The number of aromatic nitrogens is 1. The molecule has 1 aromatic heterocycles. The normalized spacial score (nSPS) is 11.2. The molecule has 2 rings (SSSR count). The number of hydrogen-bond donors (Lipinski definition) is 1. The van der Waals surface area contributed by atoms with Crippen LogP contribution in [0.2, 0.25) is 5.02 Å². The Morgan fingerprint density at radius 2 is 2.07 bits per heavy atom. The van der Waals surface area contributed by atoms with Gasteiger partial charge in [0.1, 0.15) is 0 Å². The van der Waals surface area contributed by atoms with E-state index in [-0.39, 0.29) is 11.3 Å². The second-order valence-electron chi connectivity index (χ2n) is 3.09. The maximum atomic E-state index is 12.7. The van der Waals surface area contributed by atoms with Crippen LogP contribution in [-0.4, -0.2) is 4.98 Å². The van der Waals surface area contributed by atoms with Crippen LogP contribution in [0.1, 0.15) is 12.0 Å². The Kier molecular flexibility index (Phi) is 2.44. The minimum absolute atomic E-state index is 0.0141. The molecular weight excluding hydrogens is 222 g/mol. The number of alkyl halides is 2. The lowest BCUT2D eigenvalue weighted by Gasteiger charge is -2.08. The maximum absolute atomic E-state index is 12.7. The first-order valence-corrected chi connectivity index (χ1v) is 4.59. The van der Waals surface area contributed by atoms with Crippen LogP contribution < -0.4 is 5.73 Å². The van der Waals surface area contributed by atoms with E-state index in [4.69, 9.17) is 17.3 Å². The first-order chi connectivity index (χ1) is 7.09. The van der Waals surface area contributed by atoms with Crippen molar-refractivity contribution in [2.24, 2.45) is 0 Å². The second kappa shape index (κ2) is 3.62. The third kappa shape index (κ3) is 1.72. The van der Waals surface area contributed by atoms with Crippen LogP contribution in [-0.2, 0) is 0 Å². The molecule has 0 aliphatic carbocycles. The number of nitrogens with zero attached hydrogens (tertiary/aromatic N) is 1. The predicted octanol–water partition coefficient (Wildman–Crippen LogP) is 3.41. The topological polar surface area (TPSA) is 38.9 Å². The number of hydrogen-bond acceptors (Lipinski definition) is 2. The summed E-state index contributed by atoms with van der Waals surface area (Å²) in [5.74, 6) is 0. The molecule has 0 radical (unpaired) electrons. The molecule has 78 valence electrons. The Labute approximate surface area is 89.7 Å². The molecule has 5 heteroatoms. The fourth-order valence-electron chi connectivity index (χ4n) is 1.44. The summed E-state index contributed by atoms with van der Waals surface area (Å²) >= 11 is 5.73. The molecule has 2 N–H and O–H groups in total. The van der Waals surface area contributed by atoms with Gasteiger partial charge in [-0.1, -0.05) is 11.6 Å². The Hall–Kier alpha value is -1.42. The number of nitrogen functional groups attached to an aromatic ring is 1. The highest BCUT2D eigenvalue weighted by atomic mass is 35.5. The fraction of sp³-hybridized carbons (Fsp3) is 0.100. The third-order valence-electron chi connectivity index (χ3n) is 2.12. The number of rotatable bonds is 1. The summed E-state index contributed by atoms with van der Waals surface area (Å²) in [7, 11) is 0. The average Bonchev–Trinajstić information content (AvgIpc) is 2.16. The third-order valence-corrected chi connectivity index (χ3v) is 2.36. The number of nitrogens with two attached hydrogens (primary N) is 1. The van der Waals surface area contributed by atoms with Gasteiger partial charge in [0, 0.05) is 10.4 Å². The van der Waals surface area contributed by atoms with Crippen LogP contribution in [0.4, 0.5) is 14.5 Å². The highest BCUT2D eigenvalue weighted by Gasteiger charge is 2.16. The molecule has 0 amide bonds. The van der Waals surface area contributed by atoms with Crippen LogP contribution in [0.3, 0.4) is 0 Å². The first-order valence-electron chi connectivity index (χ1n) is 4.21. The summed E-state index contributed by atoms with van der Waals surface area (Å²) in [5.41, 5.74) is 5.69. The lowest BCUT2D eigenvalue weighted by Crippen LogP contribution is -1.97. The molecule has 1 heterocycles. The molecule has 2 nitrogen and oxygen atoms in total. The van der Waals surface area contributed by atoms with Crippen molar-refractivity contribution in [3.05, 3.63) is 35.0 Å². The van der Waals surface area contributed by atoms with Gasteiger partial charge in [0.05, 0.1) is 23.0 Å². The van der Waals surface area contributed by atoms with Gasteiger partial charge in [-0.05, 0) is 18.2 Å². The Morgan fingerprint density at radius 3 is 2.73 bits per heavy atom. The molecule has 2 aromatic rings. The highest BCUT2D eigenvalue weighted by molar-refractivity contribution is 6.31. The number of fused-ring (bicyclic) bond motifs is 1. The van der Waals surface area contributed by atoms with Crippen molar-refractivity contribution in [3.63, 3.8) is 0 Å². The van der Waals surface area contributed by atoms with Crippen molar-refractivity contribution in [3.8, 4) is 0 Å². The van der Waals surface area contributed by atoms with E-state index in [0.717, 1.165) is 0 Å². The van der Waals surface area contributed by atoms with Crippen molar-refractivity contribution >= 4 is 28.2 Å². The zero-order chi connectivity index (χ0) is 11.0. The fourth-order valence-corrected chi connectivity index (χ4v) is 1.62. The molecule has 0 saturated carbocycles.